The number of rotatable bonds is 7. The Bertz CT molecular complexity index is 449. The second-order valence-electron chi connectivity index (χ2n) is 6.49. The van der Waals surface area contributed by atoms with E-state index in [0.29, 0.717) is 5.88 Å². The summed E-state index contributed by atoms with van der Waals surface area (Å²) < 4.78 is 0. The molecule has 1 aliphatic carbocycles. The molecule has 1 N–H and O–H groups in total. The van der Waals surface area contributed by atoms with Crippen LogP contribution >= 0.6 is 11.6 Å². The Morgan fingerprint density at radius 2 is 1.86 bits per heavy atom. The highest BCUT2D eigenvalue weighted by atomic mass is 35.5. The second-order valence-corrected chi connectivity index (χ2v) is 6.86. The van der Waals surface area contributed by atoms with Crippen molar-refractivity contribution in [1.82, 2.24) is 0 Å². The zero-order chi connectivity index (χ0) is 15.8. The van der Waals surface area contributed by atoms with E-state index in [-0.39, 0.29) is 11.8 Å². The number of unbranched alkanes of at least 4 members (excludes halogenated alkanes) is 1. The topological polar surface area (TPSA) is 29.1 Å². The van der Waals surface area contributed by atoms with Crippen LogP contribution in [0.4, 0.5) is 5.69 Å². The van der Waals surface area contributed by atoms with Crippen LogP contribution in [0.25, 0.3) is 0 Å². The first-order valence-electron chi connectivity index (χ1n) is 8.68. The monoisotopic (exact) mass is 321 g/mol. The van der Waals surface area contributed by atoms with Crippen LogP contribution in [0.3, 0.4) is 0 Å². The molecule has 0 aliphatic heterocycles. The third-order valence-corrected chi connectivity index (χ3v) is 4.98. The number of nitrogens with one attached hydrogen (secondary N) is 1. The van der Waals surface area contributed by atoms with Gasteiger partial charge in [0, 0.05) is 17.5 Å². The van der Waals surface area contributed by atoms with Crippen molar-refractivity contribution in [2.75, 3.05) is 11.2 Å². The van der Waals surface area contributed by atoms with Crippen molar-refractivity contribution in [3.8, 4) is 0 Å². The number of amides is 1. The van der Waals surface area contributed by atoms with Crippen LogP contribution in [-0.2, 0) is 11.2 Å². The Morgan fingerprint density at radius 3 is 2.45 bits per heavy atom. The van der Waals surface area contributed by atoms with Gasteiger partial charge in [-0.2, -0.15) is 0 Å². The summed E-state index contributed by atoms with van der Waals surface area (Å²) in [5.41, 5.74) is 2.11. The van der Waals surface area contributed by atoms with Gasteiger partial charge in [-0.25, -0.2) is 0 Å². The summed E-state index contributed by atoms with van der Waals surface area (Å²) in [6.07, 6.45) is 9.34. The number of aryl methyl sites for hydroxylation is 1. The molecule has 1 fully saturated rings. The van der Waals surface area contributed by atoms with Gasteiger partial charge in [0.1, 0.15) is 0 Å². The maximum Gasteiger partial charge on any atom is 0.227 e. The largest absolute Gasteiger partial charge is 0.326 e. The fourth-order valence-electron chi connectivity index (χ4n) is 3.31. The van der Waals surface area contributed by atoms with E-state index in [0.717, 1.165) is 30.9 Å². The highest BCUT2D eigenvalue weighted by Crippen LogP contribution is 2.32. The molecule has 0 saturated heterocycles. The van der Waals surface area contributed by atoms with Gasteiger partial charge < -0.3 is 5.32 Å². The standard InChI is InChI=1S/C19H28ClNO/c1-2-3-4-15-5-9-17(10-6-15)19(22)21-18-11-7-16(8-12-18)13-14-20/h7-8,11-12,15,17H,2-6,9-10,13-14H2,1H3,(H,21,22). The summed E-state index contributed by atoms with van der Waals surface area (Å²) in [5.74, 6) is 1.87. The van der Waals surface area contributed by atoms with Crippen molar-refractivity contribution < 1.29 is 4.79 Å². The van der Waals surface area contributed by atoms with Crippen molar-refractivity contribution >= 4 is 23.2 Å². The van der Waals surface area contributed by atoms with Gasteiger partial charge in [0.15, 0.2) is 0 Å². The molecule has 1 saturated carbocycles. The molecule has 0 radical (unpaired) electrons. The van der Waals surface area contributed by atoms with E-state index in [1.165, 1.54) is 37.7 Å². The number of benzene rings is 1. The number of carbonyl (C=O) groups excluding carboxylic acids is 1. The molecule has 1 aromatic carbocycles. The van der Waals surface area contributed by atoms with Crippen LogP contribution < -0.4 is 5.32 Å². The molecule has 22 heavy (non-hydrogen) atoms. The van der Waals surface area contributed by atoms with Crippen LogP contribution in [-0.4, -0.2) is 11.8 Å². The number of anilines is 1. The molecule has 0 unspecified atom stereocenters. The molecule has 0 bridgehead atoms. The van der Waals surface area contributed by atoms with Crippen molar-refractivity contribution in [2.24, 2.45) is 11.8 Å². The molecule has 0 aromatic heterocycles. The highest BCUT2D eigenvalue weighted by molar-refractivity contribution is 6.17. The van der Waals surface area contributed by atoms with Crippen molar-refractivity contribution in [3.63, 3.8) is 0 Å². The molecular formula is C19H28ClNO. The summed E-state index contributed by atoms with van der Waals surface area (Å²) in [5, 5.41) is 3.07. The van der Waals surface area contributed by atoms with Crippen LogP contribution in [0.2, 0.25) is 0 Å². The number of alkyl halides is 1. The average molecular weight is 322 g/mol. The SMILES string of the molecule is CCCCC1CCC(C(=O)Nc2ccc(CCCl)cc2)CC1. The van der Waals surface area contributed by atoms with E-state index in [9.17, 15) is 4.79 Å². The molecule has 1 amide bonds. The number of hydrogen-bond donors (Lipinski definition) is 1. The van der Waals surface area contributed by atoms with Crippen LogP contribution in [0.15, 0.2) is 24.3 Å². The van der Waals surface area contributed by atoms with Gasteiger partial charge in [-0.15, -0.1) is 11.6 Å². The third-order valence-electron chi connectivity index (χ3n) is 4.79. The predicted molar refractivity (Wildman–Crippen MR) is 94.5 cm³/mol. The Hall–Kier alpha value is -1.02. The molecule has 3 heteroatoms. The van der Waals surface area contributed by atoms with Crippen molar-refractivity contribution in [2.45, 2.75) is 58.3 Å². The number of halogens is 1. The van der Waals surface area contributed by atoms with Crippen molar-refractivity contribution in [3.05, 3.63) is 29.8 Å². The zero-order valence-electron chi connectivity index (χ0n) is 13.6. The lowest BCUT2D eigenvalue weighted by Gasteiger charge is -2.27. The summed E-state index contributed by atoms with van der Waals surface area (Å²) in [4.78, 5) is 12.4. The smallest absolute Gasteiger partial charge is 0.227 e. The van der Waals surface area contributed by atoms with E-state index in [1.807, 2.05) is 24.3 Å². The fraction of sp³-hybridized carbons (Fsp3) is 0.632. The van der Waals surface area contributed by atoms with Gasteiger partial charge in [0.2, 0.25) is 5.91 Å². The second kappa shape index (κ2) is 9.19. The fourth-order valence-corrected chi connectivity index (χ4v) is 3.53. The molecule has 0 heterocycles. The molecule has 2 rings (SSSR count). The molecule has 2 nitrogen and oxygen atoms in total. The first kappa shape index (κ1) is 17.3. The summed E-state index contributed by atoms with van der Waals surface area (Å²) in [6.45, 7) is 2.25. The van der Waals surface area contributed by atoms with Gasteiger partial charge >= 0.3 is 0 Å². The van der Waals surface area contributed by atoms with Crippen molar-refractivity contribution in [1.29, 1.82) is 0 Å². The van der Waals surface area contributed by atoms with E-state index < -0.39 is 0 Å². The maximum atomic E-state index is 12.4. The van der Waals surface area contributed by atoms with Crippen LogP contribution in [0.1, 0.15) is 57.4 Å². The molecule has 1 aliphatic rings. The Balaban J connectivity index is 1.78. The summed E-state index contributed by atoms with van der Waals surface area (Å²) >= 11 is 5.74. The highest BCUT2D eigenvalue weighted by Gasteiger charge is 2.25. The molecule has 0 atom stereocenters. The van der Waals surface area contributed by atoms with E-state index in [4.69, 9.17) is 11.6 Å². The predicted octanol–water partition coefficient (Wildman–Crippen LogP) is 5.40. The third kappa shape index (κ3) is 5.31. The maximum absolute atomic E-state index is 12.4. The minimum absolute atomic E-state index is 0.194. The Morgan fingerprint density at radius 1 is 1.18 bits per heavy atom. The van der Waals surface area contributed by atoms with E-state index in [1.54, 1.807) is 0 Å². The number of hydrogen-bond acceptors (Lipinski definition) is 1. The molecule has 1 aromatic rings. The normalized spacial score (nSPS) is 21.5. The quantitative estimate of drug-likeness (QED) is 0.669. The summed E-state index contributed by atoms with van der Waals surface area (Å²) in [7, 11) is 0. The molecular weight excluding hydrogens is 294 g/mol. The minimum Gasteiger partial charge on any atom is -0.326 e. The average Bonchev–Trinajstić information content (AvgIpc) is 2.55. The van der Waals surface area contributed by atoms with Crippen LogP contribution in [0, 0.1) is 11.8 Å². The van der Waals surface area contributed by atoms with E-state index in [2.05, 4.69) is 12.2 Å². The summed E-state index contributed by atoms with van der Waals surface area (Å²) in [6, 6.07) is 8.04. The number of carbonyl (C=O) groups is 1. The zero-order valence-corrected chi connectivity index (χ0v) is 14.4. The lowest BCUT2D eigenvalue weighted by molar-refractivity contribution is -0.121. The van der Waals surface area contributed by atoms with Gasteiger partial charge in [-0.05, 0) is 55.7 Å². The molecule has 0 spiro atoms. The van der Waals surface area contributed by atoms with Crippen LogP contribution in [0.5, 0.6) is 0 Å². The molecule has 122 valence electrons. The van der Waals surface area contributed by atoms with Gasteiger partial charge in [0.25, 0.3) is 0 Å². The first-order valence-corrected chi connectivity index (χ1v) is 9.22. The van der Waals surface area contributed by atoms with Gasteiger partial charge in [-0.1, -0.05) is 38.3 Å². The lowest BCUT2D eigenvalue weighted by atomic mass is 9.79. The first-order chi connectivity index (χ1) is 10.7. The van der Waals surface area contributed by atoms with Gasteiger partial charge in [-0.3, -0.25) is 4.79 Å². The lowest BCUT2D eigenvalue weighted by Crippen LogP contribution is -2.27. The Labute approximate surface area is 139 Å². The minimum atomic E-state index is 0.194. The van der Waals surface area contributed by atoms with E-state index >= 15 is 0 Å². The van der Waals surface area contributed by atoms with Gasteiger partial charge in [0.05, 0.1) is 0 Å². The Kier molecular flexibility index (Phi) is 7.24.